The maximum Gasteiger partial charge on any atom is 0.306 e. The van der Waals surface area contributed by atoms with E-state index in [-0.39, 0.29) is 31.1 Å². The number of esters is 3. The molecular weight excluding hydrogens is 733 g/mol. The van der Waals surface area contributed by atoms with Crippen LogP contribution in [-0.4, -0.2) is 37.2 Å². The summed E-state index contributed by atoms with van der Waals surface area (Å²) in [6, 6.07) is 0. The SMILES string of the molecule is CCCC/C=C\CCCCCCCC(=O)OC[C@@H](COC(=O)CCCCCCC/C=C\CCCCCC)OC(=O)CCCCCC/C=C\C/C=C\C/C=C\CCCCC. The lowest BCUT2D eigenvalue weighted by molar-refractivity contribution is -0.167. The Morgan fingerprint density at radius 2 is 0.627 bits per heavy atom. The Kier molecular flexibility index (Phi) is 45.4. The molecule has 0 aromatic heterocycles. The van der Waals surface area contributed by atoms with Crippen LogP contribution in [0.2, 0.25) is 0 Å². The molecule has 0 unspecified atom stereocenters. The van der Waals surface area contributed by atoms with Crippen molar-refractivity contribution in [1.82, 2.24) is 0 Å². The zero-order valence-corrected chi connectivity index (χ0v) is 38.8. The van der Waals surface area contributed by atoms with Gasteiger partial charge in [0.15, 0.2) is 6.10 Å². The second kappa shape index (κ2) is 47.8. The third kappa shape index (κ3) is 46.0. The van der Waals surface area contributed by atoms with Crippen molar-refractivity contribution in [3.8, 4) is 0 Å². The molecule has 340 valence electrons. The van der Waals surface area contributed by atoms with Crippen LogP contribution in [0.15, 0.2) is 60.8 Å². The van der Waals surface area contributed by atoms with Crippen molar-refractivity contribution in [2.45, 2.75) is 245 Å². The van der Waals surface area contributed by atoms with E-state index in [1.807, 2.05) is 0 Å². The largest absolute Gasteiger partial charge is 0.462 e. The number of carbonyl (C=O) groups excluding carboxylic acids is 3. The highest BCUT2D eigenvalue weighted by molar-refractivity contribution is 5.71. The smallest absolute Gasteiger partial charge is 0.306 e. The van der Waals surface area contributed by atoms with Gasteiger partial charge in [0.2, 0.25) is 0 Å². The van der Waals surface area contributed by atoms with Crippen LogP contribution >= 0.6 is 0 Å². The highest BCUT2D eigenvalue weighted by atomic mass is 16.6. The Balaban J connectivity index is 4.44. The van der Waals surface area contributed by atoms with Crippen LogP contribution in [0, 0.1) is 0 Å². The molecule has 0 amide bonds. The molecule has 1 atom stereocenters. The van der Waals surface area contributed by atoms with Gasteiger partial charge in [-0.2, -0.15) is 0 Å². The van der Waals surface area contributed by atoms with Crippen LogP contribution < -0.4 is 0 Å². The number of allylic oxidation sites excluding steroid dienone is 10. The molecule has 6 nitrogen and oxygen atoms in total. The van der Waals surface area contributed by atoms with Gasteiger partial charge in [0.25, 0.3) is 0 Å². The fraction of sp³-hybridized carbons (Fsp3) is 0.755. The molecule has 0 aliphatic heterocycles. The predicted octanol–water partition coefficient (Wildman–Crippen LogP) is 16.1. The summed E-state index contributed by atoms with van der Waals surface area (Å²) in [7, 11) is 0. The van der Waals surface area contributed by atoms with E-state index in [2.05, 4.69) is 81.5 Å². The lowest BCUT2D eigenvalue weighted by Crippen LogP contribution is -2.30. The second-order valence-electron chi connectivity index (χ2n) is 16.4. The van der Waals surface area contributed by atoms with Gasteiger partial charge in [-0.3, -0.25) is 14.4 Å². The van der Waals surface area contributed by atoms with Crippen molar-refractivity contribution in [3.05, 3.63) is 60.8 Å². The maximum absolute atomic E-state index is 12.8. The molecule has 0 heterocycles. The van der Waals surface area contributed by atoms with Gasteiger partial charge in [-0.25, -0.2) is 0 Å². The first-order valence-electron chi connectivity index (χ1n) is 24.8. The summed E-state index contributed by atoms with van der Waals surface area (Å²) in [5, 5.41) is 0. The summed E-state index contributed by atoms with van der Waals surface area (Å²) in [4.78, 5) is 37.8. The van der Waals surface area contributed by atoms with Crippen molar-refractivity contribution < 1.29 is 28.6 Å². The first-order chi connectivity index (χ1) is 29.0. The van der Waals surface area contributed by atoms with Crippen LogP contribution in [0.4, 0.5) is 0 Å². The minimum atomic E-state index is -0.790. The Morgan fingerprint density at radius 3 is 1.05 bits per heavy atom. The van der Waals surface area contributed by atoms with Gasteiger partial charge in [-0.05, 0) is 103 Å². The minimum Gasteiger partial charge on any atom is -0.462 e. The van der Waals surface area contributed by atoms with E-state index in [4.69, 9.17) is 14.2 Å². The van der Waals surface area contributed by atoms with Crippen molar-refractivity contribution >= 4 is 17.9 Å². The molecule has 0 saturated heterocycles. The fourth-order valence-electron chi connectivity index (χ4n) is 6.66. The molecule has 0 N–H and O–H groups in total. The standard InChI is InChI=1S/C53H92O6/c1-4-7-10-13-16-19-22-24-25-26-27-29-32-35-38-41-44-47-53(56)59-50(48-57-51(54)45-42-39-36-33-30-21-18-15-12-9-6-3)49-58-52(55)46-43-40-37-34-31-28-23-20-17-14-11-8-5-2/h15-16,18-20,23-25,27,29,50H,4-14,17,21-22,26,28,30-49H2,1-3H3/b18-15-,19-16-,23-20-,25-24-,29-27-/t50-/m0/s1. The zero-order chi connectivity index (χ0) is 43.0. The molecular formula is C53H92O6. The van der Waals surface area contributed by atoms with Crippen molar-refractivity contribution in [2.75, 3.05) is 13.2 Å². The average molecular weight is 825 g/mol. The Bertz CT molecular complexity index is 1090. The van der Waals surface area contributed by atoms with Gasteiger partial charge < -0.3 is 14.2 Å². The highest BCUT2D eigenvalue weighted by Gasteiger charge is 2.19. The van der Waals surface area contributed by atoms with Crippen LogP contribution in [0.25, 0.3) is 0 Å². The van der Waals surface area contributed by atoms with E-state index in [1.165, 1.54) is 103 Å². The summed E-state index contributed by atoms with van der Waals surface area (Å²) < 4.78 is 16.7. The number of hydrogen-bond donors (Lipinski definition) is 0. The molecule has 0 spiro atoms. The molecule has 0 rings (SSSR count). The summed E-state index contributed by atoms with van der Waals surface area (Å²) in [5.41, 5.74) is 0. The quantitative estimate of drug-likeness (QED) is 0.0263. The summed E-state index contributed by atoms with van der Waals surface area (Å²) in [6.45, 7) is 6.52. The Labute approximate surface area is 364 Å². The molecule has 6 heteroatoms. The van der Waals surface area contributed by atoms with Gasteiger partial charge >= 0.3 is 17.9 Å². The van der Waals surface area contributed by atoms with Gasteiger partial charge in [-0.1, -0.05) is 178 Å². The van der Waals surface area contributed by atoms with Gasteiger partial charge in [-0.15, -0.1) is 0 Å². The second-order valence-corrected chi connectivity index (χ2v) is 16.4. The third-order valence-corrected chi connectivity index (χ3v) is 10.5. The van der Waals surface area contributed by atoms with Gasteiger partial charge in [0.05, 0.1) is 0 Å². The molecule has 0 aliphatic carbocycles. The molecule has 0 aromatic carbocycles. The molecule has 0 saturated carbocycles. The topological polar surface area (TPSA) is 78.9 Å². The van der Waals surface area contributed by atoms with Crippen LogP contribution in [0.5, 0.6) is 0 Å². The number of carbonyl (C=O) groups is 3. The molecule has 0 fully saturated rings. The molecule has 59 heavy (non-hydrogen) atoms. The van der Waals surface area contributed by atoms with Gasteiger partial charge in [0, 0.05) is 19.3 Å². The van der Waals surface area contributed by atoms with E-state index in [0.29, 0.717) is 19.3 Å². The molecule has 0 bridgehead atoms. The monoisotopic (exact) mass is 825 g/mol. The summed E-state index contributed by atoms with van der Waals surface area (Å²) in [6.07, 6.45) is 57.7. The van der Waals surface area contributed by atoms with Crippen molar-refractivity contribution in [2.24, 2.45) is 0 Å². The summed E-state index contributed by atoms with van der Waals surface area (Å²) in [5.74, 6) is -0.930. The lowest BCUT2D eigenvalue weighted by Gasteiger charge is -2.18. The number of unbranched alkanes of at least 4 members (excludes halogenated alkanes) is 23. The first-order valence-corrected chi connectivity index (χ1v) is 24.8. The van der Waals surface area contributed by atoms with E-state index >= 15 is 0 Å². The van der Waals surface area contributed by atoms with Crippen molar-refractivity contribution in [3.63, 3.8) is 0 Å². The number of hydrogen-bond acceptors (Lipinski definition) is 6. The van der Waals surface area contributed by atoms with E-state index in [0.717, 1.165) is 96.3 Å². The first kappa shape index (κ1) is 56.1. The average Bonchev–Trinajstić information content (AvgIpc) is 3.23. The van der Waals surface area contributed by atoms with Crippen LogP contribution in [-0.2, 0) is 28.6 Å². The van der Waals surface area contributed by atoms with Crippen LogP contribution in [0.3, 0.4) is 0 Å². The highest BCUT2D eigenvalue weighted by Crippen LogP contribution is 2.13. The summed E-state index contributed by atoms with van der Waals surface area (Å²) >= 11 is 0. The van der Waals surface area contributed by atoms with Gasteiger partial charge in [0.1, 0.15) is 13.2 Å². The fourth-order valence-corrected chi connectivity index (χ4v) is 6.66. The number of rotatable bonds is 44. The van der Waals surface area contributed by atoms with E-state index < -0.39 is 6.10 Å². The minimum absolute atomic E-state index is 0.0905. The normalized spacial score (nSPS) is 12.5. The van der Waals surface area contributed by atoms with Crippen molar-refractivity contribution in [1.29, 1.82) is 0 Å². The molecule has 0 radical (unpaired) electrons. The predicted molar refractivity (Wildman–Crippen MR) is 251 cm³/mol. The number of ether oxygens (including phenoxy) is 3. The Hall–Kier alpha value is -2.89. The maximum atomic E-state index is 12.8. The zero-order valence-electron chi connectivity index (χ0n) is 38.8. The third-order valence-electron chi connectivity index (χ3n) is 10.5. The lowest BCUT2D eigenvalue weighted by atomic mass is 10.1. The molecule has 0 aliphatic rings. The van der Waals surface area contributed by atoms with Crippen LogP contribution in [0.1, 0.15) is 239 Å². The Morgan fingerprint density at radius 1 is 0.339 bits per heavy atom. The van der Waals surface area contributed by atoms with E-state index in [1.54, 1.807) is 0 Å². The van der Waals surface area contributed by atoms with E-state index in [9.17, 15) is 14.4 Å². The molecule has 0 aromatic rings.